The number of rotatable bonds is 6. The van der Waals surface area contributed by atoms with Crippen molar-refractivity contribution in [1.29, 1.82) is 0 Å². The van der Waals surface area contributed by atoms with Crippen LogP contribution in [0.1, 0.15) is 59.7 Å². The number of aromatic nitrogens is 2. The minimum Gasteiger partial charge on any atom is -0.339 e. The van der Waals surface area contributed by atoms with Crippen molar-refractivity contribution in [2.24, 2.45) is 5.92 Å². The Morgan fingerprint density at radius 1 is 1.28 bits per heavy atom. The van der Waals surface area contributed by atoms with Crippen LogP contribution in [0.3, 0.4) is 0 Å². The predicted octanol–water partition coefficient (Wildman–Crippen LogP) is 2.93. The number of hydrogen-bond acceptors (Lipinski definition) is 4. The Labute approximate surface area is 111 Å². The van der Waals surface area contributed by atoms with Crippen LogP contribution in [0.5, 0.6) is 0 Å². The van der Waals surface area contributed by atoms with Crippen LogP contribution in [0.4, 0.5) is 0 Å². The van der Waals surface area contributed by atoms with Crippen molar-refractivity contribution in [3.8, 4) is 0 Å². The SMILES string of the molecule is CCNC(Cc1nc(C(C)(C)C)no1)CC(C)C. The van der Waals surface area contributed by atoms with Gasteiger partial charge in [0.2, 0.25) is 5.89 Å². The van der Waals surface area contributed by atoms with Gasteiger partial charge in [0, 0.05) is 17.9 Å². The number of likely N-dealkylation sites (N-methyl/N-ethyl adjacent to an activating group) is 1. The Hall–Kier alpha value is -0.900. The zero-order chi connectivity index (χ0) is 13.8. The van der Waals surface area contributed by atoms with Crippen LogP contribution >= 0.6 is 0 Å². The summed E-state index contributed by atoms with van der Waals surface area (Å²) in [4.78, 5) is 4.49. The zero-order valence-corrected chi connectivity index (χ0v) is 12.6. The molecule has 0 bridgehead atoms. The molecule has 1 heterocycles. The molecule has 1 rings (SSSR count). The molecule has 0 aliphatic carbocycles. The Bertz CT molecular complexity index is 352. The van der Waals surface area contributed by atoms with Crippen molar-refractivity contribution in [3.05, 3.63) is 11.7 Å². The molecule has 0 aromatic carbocycles. The van der Waals surface area contributed by atoms with Crippen LogP contribution in [0.25, 0.3) is 0 Å². The molecule has 0 fully saturated rings. The summed E-state index contributed by atoms with van der Waals surface area (Å²) < 4.78 is 5.35. The fraction of sp³-hybridized carbons (Fsp3) is 0.857. The molecule has 0 aliphatic heterocycles. The summed E-state index contributed by atoms with van der Waals surface area (Å²) >= 11 is 0. The number of nitrogens with one attached hydrogen (secondary N) is 1. The van der Waals surface area contributed by atoms with Gasteiger partial charge in [0.25, 0.3) is 0 Å². The van der Waals surface area contributed by atoms with Crippen LogP contribution in [-0.2, 0) is 11.8 Å². The first-order chi connectivity index (χ1) is 8.32. The van der Waals surface area contributed by atoms with Gasteiger partial charge in [-0.3, -0.25) is 0 Å². The molecular formula is C14H27N3O. The topological polar surface area (TPSA) is 51.0 Å². The summed E-state index contributed by atoms with van der Waals surface area (Å²) in [6.45, 7) is 13.9. The molecule has 0 radical (unpaired) electrons. The smallest absolute Gasteiger partial charge is 0.228 e. The van der Waals surface area contributed by atoms with E-state index in [1.807, 2.05) is 0 Å². The van der Waals surface area contributed by atoms with Crippen molar-refractivity contribution >= 4 is 0 Å². The van der Waals surface area contributed by atoms with Gasteiger partial charge >= 0.3 is 0 Å². The van der Waals surface area contributed by atoms with Crippen LogP contribution < -0.4 is 5.32 Å². The van der Waals surface area contributed by atoms with Gasteiger partial charge in [0.15, 0.2) is 5.82 Å². The summed E-state index contributed by atoms with van der Waals surface area (Å²) in [5, 5.41) is 7.55. The molecule has 1 N–H and O–H groups in total. The maximum absolute atomic E-state index is 5.35. The second kappa shape index (κ2) is 6.32. The Morgan fingerprint density at radius 3 is 2.39 bits per heavy atom. The second-order valence-electron chi connectivity index (χ2n) is 6.35. The van der Waals surface area contributed by atoms with Crippen LogP contribution in [-0.4, -0.2) is 22.7 Å². The van der Waals surface area contributed by atoms with E-state index in [0.29, 0.717) is 12.0 Å². The van der Waals surface area contributed by atoms with Gasteiger partial charge in [-0.2, -0.15) is 4.98 Å². The molecule has 0 amide bonds. The molecule has 4 nitrogen and oxygen atoms in total. The van der Waals surface area contributed by atoms with Crippen molar-refractivity contribution in [2.45, 2.75) is 65.8 Å². The summed E-state index contributed by atoms with van der Waals surface area (Å²) in [6.07, 6.45) is 1.94. The molecule has 0 saturated carbocycles. The van der Waals surface area contributed by atoms with Crippen molar-refractivity contribution in [1.82, 2.24) is 15.5 Å². The number of hydrogen-bond donors (Lipinski definition) is 1. The highest BCUT2D eigenvalue weighted by Gasteiger charge is 2.22. The van der Waals surface area contributed by atoms with E-state index >= 15 is 0 Å². The van der Waals surface area contributed by atoms with Gasteiger partial charge in [-0.15, -0.1) is 0 Å². The fourth-order valence-corrected chi connectivity index (χ4v) is 1.95. The van der Waals surface area contributed by atoms with Crippen molar-refractivity contribution in [2.75, 3.05) is 6.54 Å². The van der Waals surface area contributed by atoms with E-state index in [0.717, 1.165) is 31.1 Å². The van der Waals surface area contributed by atoms with Crippen molar-refractivity contribution in [3.63, 3.8) is 0 Å². The predicted molar refractivity (Wildman–Crippen MR) is 73.6 cm³/mol. The molecular weight excluding hydrogens is 226 g/mol. The van der Waals surface area contributed by atoms with E-state index in [4.69, 9.17) is 4.52 Å². The lowest BCUT2D eigenvalue weighted by atomic mass is 9.96. The van der Waals surface area contributed by atoms with Crippen molar-refractivity contribution < 1.29 is 4.52 Å². The Balaban J connectivity index is 2.66. The molecule has 104 valence electrons. The lowest BCUT2D eigenvalue weighted by Gasteiger charge is -2.17. The first kappa shape index (κ1) is 15.2. The van der Waals surface area contributed by atoms with E-state index in [2.05, 4.69) is 57.0 Å². The monoisotopic (exact) mass is 253 g/mol. The quantitative estimate of drug-likeness (QED) is 0.847. The van der Waals surface area contributed by atoms with Gasteiger partial charge in [0.1, 0.15) is 0 Å². The van der Waals surface area contributed by atoms with Crippen LogP contribution in [0, 0.1) is 5.92 Å². The summed E-state index contributed by atoms with van der Waals surface area (Å²) in [5.74, 6) is 2.20. The standard InChI is InChI=1S/C14H27N3O/c1-7-15-11(8-10(2)3)9-12-16-13(17-18-12)14(4,5)6/h10-11,15H,7-9H2,1-6H3. The summed E-state index contributed by atoms with van der Waals surface area (Å²) in [5.41, 5.74) is -0.0481. The minimum absolute atomic E-state index is 0.0481. The Kier molecular flexibility index (Phi) is 5.32. The number of nitrogens with zero attached hydrogens (tertiary/aromatic N) is 2. The van der Waals surface area contributed by atoms with Crippen LogP contribution in [0.2, 0.25) is 0 Å². The van der Waals surface area contributed by atoms with Gasteiger partial charge < -0.3 is 9.84 Å². The first-order valence-corrected chi connectivity index (χ1v) is 6.89. The largest absolute Gasteiger partial charge is 0.339 e. The molecule has 4 heteroatoms. The maximum atomic E-state index is 5.35. The van der Waals surface area contributed by atoms with Gasteiger partial charge in [-0.25, -0.2) is 0 Å². The average molecular weight is 253 g/mol. The van der Waals surface area contributed by atoms with Crippen LogP contribution in [0.15, 0.2) is 4.52 Å². The molecule has 0 saturated heterocycles. The summed E-state index contributed by atoms with van der Waals surface area (Å²) in [6, 6.07) is 0.420. The zero-order valence-electron chi connectivity index (χ0n) is 12.6. The van der Waals surface area contributed by atoms with Gasteiger partial charge in [0.05, 0.1) is 0 Å². The highest BCUT2D eigenvalue weighted by Crippen LogP contribution is 2.19. The van der Waals surface area contributed by atoms with Gasteiger partial charge in [-0.05, 0) is 18.9 Å². The molecule has 1 atom stereocenters. The molecule has 0 spiro atoms. The lowest BCUT2D eigenvalue weighted by molar-refractivity contribution is 0.333. The molecule has 0 aliphatic rings. The normalized spacial score (nSPS) is 14.2. The third-order valence-corrected chi connectivity index (χ3v) is 2.81. The molecule has 1 aromatic rings. The van der Waals surface area contributed by atoms with E-state index in [1.165, 1.54) is 0 Å². The second-order valence-corrected chi connectivity index (χ2v) is 6.35. The highest BCUT2D eigenvalue weighted by atomic mass is 16.5. The first-order valence-electron chi connectivity index (χ1n) is 6.89. The molecule has 1 aromatic heterocycles. The molecule has 1 unspecified atom stereocenters. The maximum Gasteiger partial charge on any atom is 0.228 e. The third kappa shape index (κ3) is 4.77. The third-order valence-electron chi connectivity index (χ3n) is 2.81. The average Bonchev–Trinajstić information content (AvgIpc) is 2.64. The van der Waals surface area contributed by atoms with E-state index in [1.54, 1.807) is 0 Å². The molecule has 18 heavy (non-hydrogen) atoms. The highest BCUT2D eigenvalue weighted by molar-refractivity contribution is 5.00. The van der Waals surface area contributed by atoms with E-state index in [9.17, 15) is 0 Å². The lowest BCUT2D eigenvalue weighted by Crippen LogP contribution is -2.32. The minimum atomic E-state index is -0.0481. The van der Waals surface area contributed by atoms with E-state index < -0.39 is 0 Å². The Morgan fingerprint density at radius 2 is 1.94 bits per heavy atom. The van der Waals surface area contributed by atoms with E-state index in [-0.39, 0.29) is 5.41 Å². The fourth-order valence-electron chi connectivity index (χ4n) is 1.95. The summed E-state index contributed by atoms with van der Waals surface area (Å²) in [7, 11) is 0. The van der Waals surface area contributed by atoms with Gasteiger partial charge in [-0.1, -0.05) is 46.7 Å².